The Balaban J connectivity index is 3.03. The second-order valence-corrected chi connectivity index (χ2v) is 4.13. The molecular weight excluding hydrogens is 259 g/mol. The fraction of sp³-hybridized carbons (Fsp3) is 0.417. The molecule has 0 heterocycles. The Morgan fingerprint density at radius 2 is 2.11 bits per heavy atom. The summed E-state index contributed by atoms with van der Waals surface area (Å²) >= 11 is 0. The highest BCUT2D eigenvalue weighted by Crippen LogP contribution is 2.31. The first-order chi connectivity index (χ1) is 8.85. The van der Waals surface area contributed by atoms with Crippen molar-refractivity contribution >= 4 is 11.4 Å². The fourth-order valence-corrected chi connectivity index (χ4v) is 1.62. The molecule has 0 aliphatic heterocycles. The number of nitrogens with zero attached hydrogens (tertiary/aromatic N) is 2. The van der Waals surface area contributed by atoms with Crippen LogP contribution in [0.3, 0.4) is 0 Å². The van der Waals surface area contributed by atoms with Crippen molar-refractivity contribution in [2.75, 3.05) is 24.2 Å². The van der Waals surface area contributed by atoms with Crippen LogP contribution in [0.4, 0.5) is 24.5 Å². The van der Waals surface area contributed by atoms with Crippen LogP contribution in [-0.4, -0.2) is 20.2 Å². The third-order valence-electron chi connectivity index (χ3n) is 2.48. The van der Waals surface area contributed by atoms with E-state index in [0.29, 0.717) is 12.2 Å². The summed E-state index contributed by atoms with van der Waals surface area (Å²) in [5.74, 6) is -1.81. The van der Waals surface area contributed by atoms with Crippen LogP contribution in [0.2, 0.25) is 0 Å². The number of nitrogen functional groups attached to an aromatic ring is 1. The highest BCUT2D eigenvalue weighted by atomic mass is 19.3. The number of alkyl halides is 2. The first kappa shape index (κ1) is 15.0. The maximum Gasteiger partial charge on any atom is 0.387 e. The molecule has 2 N–H and O–H groups in total. The Morgan fingerprint density at radius 1 is 1.47 bits per heavy atom. The molecule has 4 nitrogen and oxygen atoms in total. The predicted octanol–water partition coefficient (Wildman–Crippen LogP) is 2.61. The van der Waals surface area contributed by atoms with Crippen LogP contribution in [0.1, 0.15) is 6.92 Å². The van der Waals surface area contributed by atoms with Gasteiger partial charge in [0, 0.05) is 25.7 Å². The second kappa shape index (κ2) is 6.18. The van der Waals surface area contributed by atoms with Gasteiger partial charge in [-0.2, -0.15) is 14.0 Å². The van der Waals surface area contributed by atoms with Crippen LogP contribution in [0.15, 0.2) is 12.1 Å². The number of hydrogen-bond donors (Lipinski definition) is 1. The molecule has 1 atom stereocenters. The van der Waals surface area contributed by atoms with Crippen LogP contribution in [0.25, 0.3) is 0 Å². The quantitative estimate of drug-likeness (QED) is 0.838. The van der Waals surface area contributed by atoms with Crippen LogP contribution in [-0.2, 0) is 0 Å². The van der Waals surface area contributed by atoms with Crippen molar-refractivity contribution in [2.24, 2.45) is 5.92 Å². The van der Waals surface area contributed by atoms with Crippen molar-refractivity contribution in [3.8, 4) is 11.8 Å². The minimum absolute atomic E-state index is 0.0896. The molecule has 0 fully saturated rings. The molecule has 1 aromatic carbocycles. The minimum atomic E-state index is -3.12. The molecule has 0 saturated heterocycles. The molecule has 104 valence electrons. The van der Waals surface area contributed by atoms with Gasteiger partial charge in [0.05, 0.1) is 23.4 Å². The summed E-state index contributed by atoms with van der Waals surface area (Å²) in [6.45, 7) is -1.08. The smallest absolute Gasteiger partial charge is 0.387 e. The third kappa shape index (κ3) is 3.95. The van der Waals surface area contributed by atoms with Gasteiger partial charge in [0.1, 0.15) is 0 Å². The molecule has 0 bridgehead atoms. The maximum atomic E-state index is 13.4. The normalized spacial score (nSPS) is 12.1. The van der Waals surface area contributed by atoms with Gasteiger partial charge in [0.2, 0.25) is 0 Å². The Bertz CT molecular complexity index is 488. The van der Waals surface area contributed by atoms with Gasteiger partial charge in [-0.25, -0.2) is 4.39 Å². The number of rotatable bonds is 5. The zero-order chi connectivity index (χ0) is 14.6. The molecule has 0 radical (unpaired) electrons. The lowest BCUT2D eigenvalue weighted by Gasteiger charge is -2.23. The van der Waals surface area contributed by atoms with Gasteiger partial charge < -0.3 is 15.4 Å². The summed E-state index contributed by atoms with van der Waals surface area (Å²) in [5.41, 5.74) is 6.05. The zero-order valence-corrected chi connectivity index (χ0v) is 10.5. The molecule has 0 aliphatic carbocycles. The standard InChI is InChI=1S/C12H14F3N3O/c1-7(5-16)6-18(2)10-4-11(19-12(14)15)8(13)3-9(10)17/h3-4,7,12H,6,17H2,1-2H3. The summed E-state index contributed by atoms with van der Waals surface area (Å²) in [6.07, 6.45) is 0. The van der Waals surface area contributed by atoms with Crippen LogP contribution < -0.4 is 15.4 Å². The Labute approximate surface area is 109 Å². The predicted molar refractivity (Wildman–Crippen MR) is 65.5 cm³/mol. The van der Waals surface area contributed by atoms with E-state index in [1.807, 2.05) is 6.07 Å². The van der Waals surface area contributed by atoms with E-state index < -0.39 is 18.2 Å². The lowest BCUT2D eigenvalue weighted by molar-refractivity contribution is -0.0521. The van der Waals surface area contributed by atoms with Crippen molar-refractivity contribution < 1.29 is 17.9 Å². The maximum absolute atomic E-state index is 13.4. The SMILES string of the molecule is CC(C#N)CN(C)c1cc(OC(F)F)c(F)cc1N. The van der Waals surface area contributed by atoms with E-state index in [4.69, 9.17) is 11.0 Å². The van der Waals surface area contributed by atoms with E-state index in [9.17, 15) is 13.2 Å². The third-order valence-corrected chi connectivity index (χ3v) is 2.48. The van der Waals surface area contributed by atoms with Crippen molar-refractivity contribution in [3.05, 3.63) is 17.9 Å². The Kier molecular flexibility index (Phi) is 4.87. The van der Waals surface area contributed by atoms with Crippen LogP contribution in [0.5, 0.6) is 5.75 Å². The number of hydrogen-bond acceptors (Lipinski definition) is 4. The zero-order valence-electron chi connectivity index (χ0n) is 10.5. The van der Waals surface area contributed by atoms with Gasteiger partial charge in [-0.1, -0.05) is 0 Å². The molecule has 0 saturated carbocycles. The number of nitrogens with two attached hydrogens (primary N) is 1. The molecule has 7 heteroatoms. The Hall–Kier alpha value is -2.10. The van der Waals surface area contributed by atoms with Crippen molar-refractivity contribution in [1.82, 2.24) is 0 Å². The highest BCUT2D eigenvalue weighted by Gasteiger charge is 2.16. The molecule has 0 amide bonds. The molecule has 19 heavy (non-hydrogen) atoms. The summed E-state index contributed by atoms with van der Waals surface area (Å²) in [7, 11) is 1.63. The van der Waals surface area contributed by atoms with Crippen molar-refractivity contribution in [2.45, 2.75) is 13.5 Å². The molecule has 1 unspecified atom stereocenters. The van der Waals surface area contributed by atoms with Gasteiger partial charge in [0.25, 0.3) is 0 Å². The highest BCUT2D eigenvalue weighted by molar-refractivity contribution is 5.69. The van der Waals surface area contributed by atoms with Gasteiger partial charge in [-0.15, -0.1) is 0 Å². The van der Waals surface area contributed by atoms with Crippen LogP contribution >= 0.6 is 0 Å². The van der Waals surface area contributed by atoms with Gasteiger partial charge in [-0.05, 0) is 6.92 Å². The fourth-order valence-electron chi connectivity index (χ4n) is 1.62. The summed E-state index contributed by atoms with van der Waals surface area (Å²) < 4.78 is 41.7. The summed E-state index contributed by atoms with van der Waals surface area (Å²) in [4.78, 5) is 1.58. The average Bonchev–Trinajstić information content (AvgIpc) is 2.31. The number of ether oxygens (including phenoxy) is 1. The first-order valence-electron chi connectivity index (χ1n) is 5.49. The average molecular weight is 273 g/mol. The summed E-state index contributed by atoms with van der Waals surface area (Å²) in [6, 6.07) is 4.05. The number of halogens is 3. The van der Waals surface area contributed by atoms with Crippen LogP contribution in [0, 0.1) is 23.1 Å². The monoisotopic (exact) mass is 273 g/mol. The second-order valence-electron chi connectivity index (χ2n) is 4.13. The number of benzene rings is 1. The first-order valence-corrected chi connectivity index (χ1v) is 5.49. The van der Waals surface area contributed by atoms with Crippen molar-refractivity contribution in [3.63, 3.8) is 0 Å². The number of nitriles is 1. The van der Waals surface area contributed by atoms with Gasteiger partial charge >= 0.3 is 6.61 Å². The van der Waals surface area contributed by atoms with E-state index in [1.165, 1.54) is 0 Å². The van der Waals surface area contributed by atoms with Crippen molar-refractivity contribution in [1.29, 1.82) is 5.26 Å². The Morgan fingerprint density at radius 3 is 2.63 bits per heavy atom. The lowest BCUT2D eigenvalue weighted by atomic mass is 10.1. The molecule has 1 aromatic rings. The lowest BCUT2D eigenvalue weighted by Crippen LogP contribution is -2.24. The molecule has 1 rings (SSSR count). The van der Waals surface area contributed by atoms with E-state index in [1.54, 1.807) is 18.9 Å². The van der Waals surface area contributed by atoms with E-state index in [2.05, 4.69) is 4.74 Å². The molecular formula is C12H14F3N3O. The van der Waals surface area contributed by atoms with Gasteiger partial charge in [-0.3, -0.25) is 0 Å². The minimum Gasteiger partial charge on any atom is -0.432 e. The molecule has 0 spiro atoms. The summed E-state index contributed by atoms with van der Waals surface area (Å²) in [5, 5.41) is 8.73. The number of anilines is 2. The van der Waals surface area contributed by atoms with E-state index in [-0.39, 0.29) is 11.6 Å². The largest absolute Gasteiger partial charge is 0.432 e. The molecule has 0 aromatic heterocycles. The topological polar surface area (TPSA) is 62.3 Å². The van der Waals surface area contributed by atoms with E-state index >= 15 is 0 Å². The molecule has 0 aliphatic rings. The van der Waals surface area contributed by atoms with E-state index in [0.717, 1.165) is 12.1 Å². The van der Waals surface area contributed by atoms with Gasteiger partial charge in [0.15, 0.2) is 11.6 Å².